The molecule has 1 aromatic rings. The van der Waals surface area contributed by atoms with Crippen LogP contribution in [0.3, 0.4) is 0 Å². The molecule has 5 heteroatoms. The lowest BCUT2D eigenvalue weighted by molar-refractivity contribution is 0.0701. The molecule has 0 saturated carbocycles. The molecule has 0 radical (unpaired) electrons. The molecule has 1 aromatic carbocycles. The van der Waals surface area contributed by atoms with Crippen molar-refractivity contribution in [2.45, 2.75) is 18.7 Å². The number of ether oxygens (including phenoxy) is 1. The van der Waals surface area contributed by atoms with E-state index in [-0.39, 0.29) is 17.0 Å². The van der Waals surface area contributed by atoms with Gasteiger partial charge in [-0.15, -0.1) is 11.6 Å². The lowest BCUT2D eigenvalue weighted by Gasteiger charge is -2.34. The van der Waals surface area contributed by atoms with Crippen LogP contribution in [0.4, 0.5) is 4.39 Å². The minimum Gasteiger partial charge on any atom is -0.494 e. The van der Waals surface area contributed by atoms with Crippen LogP contribution in [-0.2, 0) is 0 Å². The fraction of sp³-hybridized carbons (Fsp3) is 0.500. The molecule has 2 atom stereocenters. The normalized spacial score (nSPS) is 23.3. The maximum absolute atomic E-state index is 13.6. The van der Waals surface area contributed by atoms with Gasteiger partial charge in [0.15, 0.2) is 11.6 Å². The van der Waals surface area contributed by atoms with Crippen LogP contribution in [0, 0.1) is 11.7 Å². The zero-order chi connectivity index (χ0) is 14.0. The van der Waals surface area contributed by atoms with Gasteiger partial charge in [0.05, 0.1) is 12.5 Å². The number of piperidine rings is 1. The highest BCUT2D eigenvalue weighted by atomic mass is 35.5. The zero-order valence-corrected chi connectivity index (χ0v) is 11.8. The first-order valence-corrected chi connectivity index (χ1v) is 6.73. The van der Waals surface area contributed by atoms with Crippen LogP contribution < -0.4 is 4.74 Å². The van der Waals surface area contributed by atoms with Crippen LogP contribution in [0.2, 0.25) is 0 Å². The average molecular weight is 286 g/mol. The number of alkyl halides is 1. The summed E-state index contributed by atoms with van der Waals surface area (Å²) < 4.78 is 18.4. The predicted molar refractivity (Wildman–Crippen MR) is 72.3 cm³/mol. The Labute approximate surface area is 117 Å². The van der Waals surface area contributed by atoms with E-state index in [1.807, 2.05) is 0 Å². The number of halogens is 2. The van der Waals surface area contributed by atoms with Crippen molar-refractivity contribution < 1.29 is 13.9 Å². The van der Waals surface area contributed by atoms with Crippen molar-refractivity contribution in [2.75, 3.05) is 20.2 Å². The van der Waals surface area contributed by atoms with Crippen molar-refractivity contribution in [3.8, 4) is 5.75 Å². The molecular formula is C14H17ClFNO2. The van der Waals surface area contributed by atoms with Crippen LogP contribution in [0.5, 0.6) is 5.75 Å². The average Bonchev–Trinajstić information content (AvgIpc) is 2.41. The van der Waals surface area contributed by atoms with Crippen molar-refractivity contribution in [1.82, 2.24) is 4.90 Å². The number of likely N-dealkylation sites (tertiary alicyclic amines) is 1. The molecule has 1 fully saturated rings. The molecule has 104 valence electrons. The topological polar surface area (TPSA) is 29.5 Å². The molecule has 19 heavy (non-hydrogen) atoms. The largest absolute Gasteiger partial charge is 0.494 e. The van der Waals surface area contributed by atoms with Gasteiger partial charge >= 0.3 is 0 Å². The molecule has 1 saturated heterocycles. The van der Waals surface area contributed by atoms with Gasteiger partial charge in [-0.3, -0.25) is 4.79 Å². The van der Waals surface area contributed by atoms with Crippen LogP contribution in [0.15, 0.2) is 18.2 Å². The fourth-order valence-corrected chi connectivity index (χ4v) is 2.48. The summed E-state index contributed by atoms with van der Waals surface area (Å²) >= 11 is 6.18. The Morgan fingerprint density at radius 3 is 2.84 bits per heavy atom. The van der Waals surface area contributed by atoms with Gasteiger partial charge < -0.3 is 9.64 Å². The summed E-state index contributed by atoms with van der Waals surface area (Å²) in [4.78, 5) is 13.9. The van der Waals surface area contributed by atoms with E-state index in [0.717, 1.165) is 6.42 Å². The number of benzene rings is 1. The van der Waals surface area contributed by atoms with Crippen LogP contribution in [0.25, 0.3) is 0 Å². The standard InChI is InChI=1S/C14H17ClFNO2/c1-9-5-6-17(8-11(9)15)14(18)10-3-4-13(19-2)12(16)7-10/h3-4,7,9,11H,5-6,8H2,1-2H3. The van der Waals surface area contributed by atoms with Crippen molar-refractivity contribution in [3.63, 3.8) is 0 Å². The Kier molecular flexibility index (Phi) is 4.30. The van der Waals surface area contributed by atoms with Gasteiger partial charge in [-0.05, 0) is 30.5 Å². The third-order valence-electron chi connectivity index (χ3n) is 3.55. The number of carbonyl (C=O) groups excluding carboxylic acids is 1. The number of methoxy groups -OCH3 is 1. The molecule has 1 heterocycles. The molecule has 2 unspecified atom stereocenters. The third kappa shape index (κ3) is 3.00. The second-order valence-electron chi connectivity index (χ2n) is 4.88. The number of nitrogens with zero attached hydrogens (tertiary/aromatic N) is 1. The minimum atomic E-state index is -0.527. The lowest BCUT2D eigenvalue weighted by atomic mass is 9.98. The van der Waals surface area contributed by atoms with E-state index in [2.05, 4.69) is 6.92 Å². The number of amides is 1. The summed E-state index contributed by atoms with van der Waals surface area (Å²) in [6.07, 6.45) is 0.874. The summed E-state index contributed by atoms with van der Waals surface area (Å²) in [5.41, 5.74) is 0.330. The van der Waals surface area contributed by atoms with Crippen molar-refractivity contribution in [3.05, 3.63) is 29.6 Å². The summed E-state index contributed by atoms with van der Waals surface area (Å²) in [7, 11) is 1.39. The molecule has 1 aliphatic rings. The zero-order valence-electron chi connectivity index (χ0n) is 11.0. The third-order valence-corrected chi connectivity index (χ3v) is 4.12. The van der Waals surface area contributed by atoms with E-state index >= 15 is 0 Å². The Hall–Kier alpha value is -1.29. The van der Waals surface area contributed by atoms with E-state index in [0.29, 0.717) is 24.6 Å². The molecule has 2 rings (SSSR count). The molecule has 0 bridgehead atoms. The molecule has 0 aromatic heterocycles. The summed E-state index contributed by atoms with van der Waals surface area (Å²) in [6.45, 7) is 3.25. The van der Waals surface area contributed by atoms with Gasteiger partial charge in [0.25, 0.3) is 5.91 Å². The maximum Gasteiger partial charge on any atom is 0.254 e. The quantitative estimate of drug-likeness (QED) is 0.782. The van der Waals surface area contributed by atoms with Crippen LogP contribution in [-0.4, -0.2) is 36.4 Å². The lowest BCUT2D eigenvalue weighted by Crippen LogP contribution is -2.43. The van der Waals surface area contributed by atoms with Crippen molar-refractivity contribution in [1.29, 1.82) is 0 Å². The van der Waals surface area contributed by atoms with E-state index in [9.17, 15) is 9.18 Å². The highest BCUT2D eigenvalue weighted by Gasteiger charge is 2.28. The van der Waals surface area contributed by atoms with Gasteiger partial charge in [-0.25, -0.2) is 4.39 Å². The van der Waals surface area contributed by atoms with Crippen molar-refractivity contribution in [2.24, 2.45) is 5.92 Å². The summed E-state index contributed by atoms with van der Waals surface area (Å²) in [6, 6.07) is 4.25. The van der Waals surface area contributed by atoms with E-state index in [4.69, 9.17) is 16.3 Å². The van der Waals surface area contributed by atoms with Gasteiger partial charge in [-0.2, -0.15) is 0 Å². The molecular weight excluding hydrogens is 269 g/mol. The predicted octanol–water partition coefficient (Wildman–Crippen LogP) is 2.92. The minimum absolute atomic E-state index is 0.0409. The van der Waals surface area contributed by atoms with E-state index in [1.165, 1.54) is 19.2 Å². The SMILES string of the molecule is COc1ccc(C(=O)N2CCC(C)C(Cl)C2)cc1F. The molecule has 3 nitrogen and oxygen atoms in total. The summed E-state index contributed by atoms with van der Waals surface area (Å²) in [5.74, 6) is -0.169. The first-order chi connectivity index (χ1) is 9.02. The second kappa shape index (κ2) is 5.78. The fourth-order valence-electron chi connectivity index (χ4n) is 2.19. The Balaban J connectivity index is 2.13. The Morgan fingerprint density at radius 1 is 1.53 bits per heavy atom. The molecule has 1 amide bonds. The maximum atomic E-state index is 13.6. The first kappa shape index (κ1) is 14.1. The second-order valence-corrected chi connectivity index (χ2v) is 5.44. The molecule has 0 spiro atoms. The smallest absolute Gasteiger partial charge is 0.254 e. The number of rotatable bonds is 2. The molecule has 1 aliphatic heterocycles. The monoisotopic (exact) mass is 285 g/mol. The Bertz CT molecular complexity index is 481. The van der Waals surface area contributed by atoms with E-state index in [1.54, 1.807) is 11.0 Å². The van der Waals surface area contributed by atoms with Crippen LogP contribution in [0.1, 0.15) is 23.7 Å². The number of hydrogen-bond donors (Lipinski definition) is 0. The van der Waals surface area contributed by atoms with Crippen molar-refractivity contribution >= 4 is 17.5 Å². The van der Waals surface area contributed by atoms with Gasteiger partial charge in [0.1, 0.15) is 0 Å². The highest BCUT2D eigenvalue weighted by Crippen LogP contribution is 2.24. The first-order valence-electron chi connectivity index (χ1n) is 6.29. The highest BCUT2D eigenvalue weighted by molar-refractivity contribution is 6.21. The Morgan fingerprint density at radius 2 is 2.26 bits per heavy atom. The molecule has 0 aliphatic carbocycles. The number of carbonyl (C=O) groups is 1. The van der Waals surface area contributed by atoms with E-state index < -0.39 is 5.82 Å². The number of hydrogen-bond acceptors (Lipinski definition) is 2. The molecule has 0 N–H and O–H groups in total. The van der Waals surface area contributed by atoms with Gasteiger partial charge in [0.2, 0.25) is 0 Å². The van der Waals surface area contributed by atoms with Gasteiger partial charge in [-0.1, -0.05) is 6.92 Å². The van der Waals surface area contributed by atoms with Crippen LogP contribution >= 0.6 is 11.6 Å². The van der Waals surface area contributed by atoms with Gasteiger partial charge in [0, 0.05) is 18.7 Å². The summed E-state index contributed by atoms with van der Waals surface area (Å²) in [5, 5.41) is -0.0409.